The van der Waals surface area contributed by atoms with Gasteiger partial charge in [0.25, 0.3) is 5.56 Å². The number of hydrogen-bond acceptors (Lipinski definition) is 4. The summed E-state index contributed by atoms with van der Waals surface area (Å²) in [4.78, 5) is 11.3. The minimum Gasteiger partial charge on any atom is -0.395 e. The number of rotatable bonds is 4. The largest absolute Gasteiger partial charge is 0.395 e. The fourth-order valence-corrected chi connectivity index (χ4v) is 2.08. The summed E-state index contributed by atoms with van der Waals surface area (Å²) >= 11 is 0. The Morgan fingerprint density at radius 2 is 2.00 bits per heavy atom. The van der Waals surface area contributed by atoms with E-state index in [0.29, 0.717) is 0 Å². The van der Waals surface area contributed by atoms with Gasteiger partial charge in [-0.15, -0.1) is 0 Å². The highest BCUT2D eigenvalue weighted by Gasteiger charge is 2.17. The Kier molecular flexibility index (Phi) is 3.84. The predicted octanol–water partition coefficient (Wildman–Crippen LogP) is -0.909. The molecule has 0 radical (unpaired) electrons. The van der Waals surface area contributed by atoms with Crippen molar-refractivity contribution in [1.82, 2.24) is 8.87 Å². The van der Waals surface area contributed by atoms with Crippen LogP contribution in [-0.4, -0.2) is 43.1 Å². The Morgan fingerprint density at radius 1 is 1.38 bits per heavy atom. The van der Waals surface area contributed by atoms with Crippen molar-refractivity contribution >= 4 is 10.0 Å². The molecule has 90 valence electrons. The molecule has 0 bridgehead atoms. The third kappa shape index (κ3) is 2.49. The average molecular weight is 246 g/mol. The molecule has 1 rings (SSSR count). The zero-order chi connectivity index (χ0) is 12.3. The molecule has 1 aromatic rings. The summed E-state index contributed by atoms with van der Waals surface area (Å²) < 4.78 is 25.7. The van der Waals surface area contributed by atoms with E-state index in [0.717, 1.165) is 8.87 Å². The molecule has 0 aliphatic rings. The van der Waals surface area contributed by atoms with Gasteiger partial charge in [-0.25, -0.2) is 12.7 Å². The van der Waals surface area contributed by atoms with Crippen LogP contribution in [0.15, 0.2) is 28.0 Å². The van der Waals surface area contributed by atoms with Crippen molar-refractivity contribution in [1.29, 1.82) is 0 Å². The van der Waals surface area contributed by atoms with Gasteiger partial charge >= 0.3 is 0 Å². The van der Waals surface area contributed by atoms with E-state index < -0.39 is 10.0 Å². The first-order valence-corrected chi connectivity index (χ1v) is 6.07. The lowest BCUT2D eigenvalue weighted by Crippen LogP contribution is -2.26. The van der Waals surface area contributed by atoms with Gasteiger partial charge in [0.1, 0.15) is 0 Å². The number of pyridine rings is 1. The van der Waals surface area contributed by atoms with Crippen molar-refractivity contribution in [3.63, 3.8) is 0 Å². The molecule has 0 aliphatic heterocycles. The summed E-state index contributed by atoms with van der Waals surface area (Å²) in [5.74, 6) is 0. The maximum absolute atomic E-state index is 11.7. The number of hydrogen-bond donors (Lipinski definition) is 1. The van der Waals surface area contributed by atoms with Crippen LogP contribution in [0.1, 0.15) is 0 Å². The topological polar surface area (TPSA) is 79.6 Å². The Hall–Kier alpha value is -1.18. The van der Waals surface area contributed by atoms with Gasteiger partial charge in [0.05, 0.1) is 11.5 Å². The van der Waals surface area contributed by atoms with Gasteiger partial charge < -0.3 is 9.67 Å². The zero-order valence-electron chi connectivity index (χ0n) is 9.12. The van der Waals surface area contributed by atoms with E-state index in [4.69, 9.17) is 5.11 Å². The molecule has 1 aromatic heterocycles. The van der Waals surface area contributed by atoms with E-state index in [1.165, 1.54) is 32.4 Å². The Morgan fingerprint density at radius 3 is 2.50 bits per heavy atom. The Balaban J connectivity index is 3.28. The second-order valence-electron chi connectivity index (χ2n) is 3.41. The van der Waals surface area contributed by atoms with Gasteiger partial charge in [0, 0.05) is 32.9 Å². The molecular weight excluding hydrogens is 232 g/mol. The van der Waals surface area contributed by atoms with Crippen LogP contribution in [0.5, 0.6) is 0 Å². The molecule has 0 atom stereocenters. The van der Waals surface area contributed by atoms with Crippen LogP contribution in [0.2, 0.25) is 0 Å². The quantitative estimate of drug-likeness (QED) is 0.746. The number of sulfonamides is 1. The molecule has 1 heterocycles. The smallest absolute Gasteiger partial charge is 0.250 e. The van der Waals surface area contributed by atoms with Gasteiger partial charge in [0.2, 0.25) is 10.0 Å². The van der Waals surface area contributed by atoms with Crippen molar-refractivity contribution in [2.24, 2.45) is 0 Å². The maximum atomic E-state index is 11.7. The lowest BCUT2D eigenvalue weighted by Gasteiger charge is -2.12. The van der Waals surface area contributed by atoms with Crippen LogP contribution in [0, 0.1) is 0 Å². The summed E-state index contributed by atoms with van der Waals surface area (Å²) in [5.41, 5.74) is -0.341. The molecule has 0 aliphatic carbocycles. The second-order valence-corrected chi connectivity index (χ2v) is 5.56. The molecular formula is C9H14N2O4S. The minimum absolute atomic E-state index is 0.0329. The van der Waals surface area contributed by atoms with E-state index in [-0.39, 0.29) is 23.6 Å². The van der Waals surface area contributed by atoms with Crippen LogP contribution in [0.3, 0.4) is 0 Å². The second kappa shape index (κ2) is 4.77. The monoisotopic (exact) mass is 246 g/mol. The van der Waals surface area contributed by atoms with Gasteiger partial charge in [-0.3, -0.25) is 4.79 Å². The zero-order valence-corrected chi connectivity index (χ0v) is 9.94. The molecule has 0 unspecified atom stereocenters. The van der Waals surface area contributed by atoms with E-state index >= 15 is 0 Å². The van der Waals surface area contributed by atoms with Crippen LogP contribution in [-0.2, 0) is 16.6 Å². The molecule has 0 amide bonds. The van der Waals surface area contributed by atoms with Crippen LogP contribution < -0.4 is 5.56 Å². The van der Waals surface area contributed by atoms with Crippen molar-refractivity contribution in [2.45, 2.75) is 11.4 Å². The van der Waals surface area contributed by atoms with E-state index in [1.807, 2.05) is 0 Å². The minimum atomic E-state index is -3.54. The normalized spacial score (nSPS) is 12.0. The van der Waals surface area contributed by atoms with Crippen molar-refractivity contribution in [2.75, 3.05) is 20.7 Å². The van der Waals surface area contributed by atoms with Gasteiger partial charge in [0.15, 0.2) is 0 Å². The van der Waals surface area contributed by atoms with E-state index in [2.05, 4.69) is 0 Å². The summed E-state index contributed by atoms with van der Waals surface area (Å²) in [6, 6.07) is 2.43. The number of aromatic nitrogens is 1. The van der Waals surface area contributed by atoms with E-state index in [9.17, 15) is 13.2 Å². The first-order chi connectivity index (χ1) is 7.39. The average Bonchev–Trinajstić information content (AvgIpc) is 2.21. The maximum Gasteiger partial charge on any atom is 0.250 e. The SMILES string of the molecule is CN(C)S(=O)(=O)c1ccc(=O)n(CCO)c1. The lowest BCUT2D eigenvalue weighted by atomic mass is 10.4. The van der Waals surface area contributed by atoms with E-state index in [1.54, 1.807) is 0 Å². The fourth-order valence-electron chi connectivity index (χ4n) is 1.16. The van der Waals surface area contributed by atoms with Gasteiger partial charge in [-0.2, -0.15) is 0 Å². The third-order valence-electron chi connectivity index (χ3n) is 2.08. The first kappa shape index (κ1) is 12.9. The number of nitrogens with zero attached hydrogens (tertiary/aromatic N) is 2. The highest BCUT2D eigenvalue weighted by Crippen LogP contribution is 2.10. The lowest BCUT2D eigenvalue weighted by molar-refractivity contribution is 0.273. The Labute approximate surface area is 93.8 Å². The molecule has 1 N–H and O–H groups in total. The summed E-state index contributed by atoms with van der Waals surface area (Å²) in [6.07, 6.45) is 1.23. The summed E-state index contributed by atoms with van der Waals surface area (Å²) in [5, 5.41) is 8.73. The molecule has 16 heavy (non-hydrogen) atoms. The summed E-state index contributed by atoms with van der Waals surface area (Å²) in [6.45, 7) is -0.138. The fraction of sp³-hybridized carbons (Fsp3) is 0.444. The molecule has 7 heteroatoms. The van der Waals surface area contributed by atoms with Crippen molar-refractivity contribution < 1.29 is 13.5 Å². The van der Waals surface area contributed by atoms with Crippen LogP contribution >= 0.6 is 0 Å². The van der Waals surface area contributed by atoms with Gasteiger partial charge in [-0.05, 0) is 6.07 Å². The number of aliphatic hydroxyl groups excluding tert-OH is 1. The van der Waals surface area contributed by atoms with Crippen LogP contribution in [0.4, 0.5) is 0 Å². The molecule has 0 spiro atoms. The van der Waals surface area contributed by atoms with Crippen molar-refractivity contribution in [3.05, 3.63) is 28.7 Å². The van der Waals surface area contributed by atoms with Gasteiger partial charge in [-0.1, -0.05) is 0 Å². The molecule has 0 fully saturated rings. The van der Waals surface area contributed by atoms with Crippen LogP contribution in [0.25, 0.3) is 0 Å². The Bertz CT molecular complexity index is 519. The molecule has 0 saturated heterocycles. The number of aliphatic hydroxyl groups is 1. The highest BCUT2D eigenvalue weighted by molar-refractivity contribution is 7.89. The first-order valence-electron chi connectivity index (χ1n) is 4.63. The molecule has 0 aromatic carbocycles. The van der Waals surface area contributed by atoms with Crippen molar-refractivity contribution in [3.8, 4) is 0 Å². The molecule has 0 saturated carbocycles. The molecule has 6 nitrogen and oxygen atoms in total. The standard InChI is InChI=1S/C9H14N2O4S/c1-10(2)16(14,15)8-3-4-9(13)11(7-8)5-6-12/h3-4,7,12H,5-6H2,1-2H3. The summed E-state index contributed by atoms with van der Waals surface area (Å²) in [7, 11) is -0.715. The predicted molar refractivity (Wildman–Crippen MR) is 58.7 cm³/mol. The highest BCUT2D eigenvalue weighted by atomic mass is 32.2. The third-order valence-corrected chi connectivity index (χ3v) is 3.87.